The summed E-state index contributed by atoms with van der Waals surface area (Å²) >= 11 is 9.33. The summed E-state index contributed by atoms with van der Waals surface area (Å²) in [6.07, 6.45) is 0. The smallest absolute Gasteiger partial charge is 0.267 e. The first kappa shape index (κ1) is 15.5. The molecular formula is C17H9BrClN3O. The predicted octanol–water partition coefficient (Wildman–Crippen LogP) is 4.39. The first-order valence-corrected chi connectivity index (χ1v) is 7.82. The van der Waals surface area contributed by atoms with Crippen molar-refractivity contribution in [3.63, 3.8) is 0 Å². The monoisotopic (exact) mass is 385 g/mol. The number of rotatable bonds is 2. The fourth-order valence-corrected chi connectivity index (χ4v) is 2.94. The molecular weight excluding hydrogens is 378 g/mol. The van der Waals surface area contributed by atoms with Crippen LogP contribution in [0.3, 0.4) is 0 Å². The fourth-order valence-electron chi connectivity index (χ4n) is 2.30. The van der Waals surface area contributed by atoms with Crippen molar-refractivity contribution in [1.82, 2.24) is 10.2 Å². The molecule has 0 amide bonds. The molecule has 0 saturated heterocycles. The number of aromatic nitrogens is 2. The molecule has 1 N–H and O–H groups in total. The predicted molar refractivity (Wildman–Crippen MR) is 93.2 cm³/mol. The largest absolute Gasteiger partial charge is 0.272 e. The normalized spacial score (nSPS) is 10.3. The van der Waals surface area contributed by atoms with Crippen LogP contribution >= 0.6 is 27.5 Å². The van der Waals surface area contributed by atoms with Crippen molar-refractivity contribution in [3.8, 4) is 28.3 Å². The van der Waals surface area contributed by atoms with Gasteiger partial charge in [-0.1, -0.05) is 35.9 Å². The van der Waals surface area contributed by atoms with Crippen LogP contribution in [0.5, 0.6) is 0 Å². The molecule has 23 heavy (non-hydrogen) atoms. The standard InChI is InChI=1S/C17H9BrClN3O/c18-16-14(11-5-7-13(19)8-6-11)15(17(23)22-21-16)12-3-1-10(9-20)2-4-12/h1-8H,(H,22,23). The van der Waals surface area contributed by atoms with Gasteiger partial charge in [-0.05, 0) is 51.3 Å². The Labute approximate surface area is 145 Å². The zero-order valence-electron chi connectivity index (χ0n) is 11.7. The van der Waals surface area contributed by atoms with Crippen LogP contribution in [0.25, 0.3) is 22.3 Å². The summed E-state index contributed by atoms with van der Waals surface area (Å²) < 4.78 is 0.527. The lowest BCUT2D eigenvalue weighted by molar-refractivity contribution is 0.972. The number of nitriles is 1. The van der Waals surface area contributed by atoms with Gasteiger partial charge >= 0.3 is 0 Å². The Bertz CT molecular complexity index is 957. The van der Waals surface area contributed by atoms with Crippen LogP contribution in [0.2, 0.25) is 5.02 Å². The summed E-state index contributed by atoms with van der Waals surface area (Å²) in [6, 6.07) is 16.1. The minimum Gasteiger partial charge on any atom is -0.267 e. The molecule has 0 spiro atoms. The number of hydrogen-bond acceptors (Lipinski definition) is 3. The molecule has 0 fully saturated rings. The van der Waals surface area contributed by atoms with E-state index in [0.717, 1.165) is 5.56 Å². The van der Waals surface area contributed by atoms with Crippen LogP contribution in [-0.2, 0) is 0 Å². The summed E-state index contributed by atoms with van der Waals surface area (Å²) in [6.45, 7) is 0. The van der Waals surface area contributed by atoms with E-state index in [1.165, 1.54) is 0 Å². The molecule has 1 heterocycles. The Morgan fingerprint density at radius 3 is 2.17 bits per heavy atom. The second kappa shape index (κ2) is 6.37. The highest BCUT2D eigenvalue weighted by Gasteiger charge is 2.16. The Balaban J connectivity index is 2.27. The van der Waals surface area contributed by atoms with E-state index in [4.69, 9.17) is 16.9 Å². The average molecular weight is 387 g/mol. The molecule has 0 unspecified atom stereocenters. The third kappa shape index (κ3) is 3.04. The summed E-state index contributed by atoms with van der Waals surface area (Å²) in [5.41, 5.74) is 2.92. The third-order valence-electron chi connectivity index (χ3n) is 3.37. The van der Waals surface area contributed by atoms with Gasteiger partial charge in [-0.15, -0.1) is 0 Å². The van der Waals surface area contributed by atoms with Gasteiger partial charge in [0, 0.05) is 10.6 Å². The van der Waals surface area contributed by atoms with E-state index in [2.05, 4.69) is 32.2 Å². The second-order valence-corrected chi connectivity index (χ2v) is 5.98. The van der Waals surface area contributed by atoms with Crippen LogP contribution in [0, 0.1) is 11.3 Å². The number of hydrogen-bond donors (Lipinski definition) is 1. The topological polar surface area (TPSA) is 69.5 Å². The van der Waals surface area contributed by atoms with Crippen LogP contribution in [-0.4, -0.2) is 10.2 Å². The van der Waals surface area contributed by atoms with Crippen molar-refractivity contribution in [2.45, 2.75) is 0 Å². The summed E-state index contributed by atoms with van der Waals surface area (Å²) in [7, 11) is 0. The maximum absolute atomic E-state index is 12.4. The van der Waals surface area contributed by atoms with E-state index < -0.39 is 0 Å². The number of H-pyrrole nitrogens is 1. The van der Waals surface area contributed by atoms with Gasteiger partial charge in [0.25, 0.3) is 5.56 Å². The van der Waals surface area contributed by atoms with Crippen LogP contribution in [0.15, 0.2) is 57.9 Å². The van der Waals surface area contributed by atoms with Crippen molar-refractivity contribution in [1.29, 1.82) is 5.26 Å². The average Bonchev–Trinajstić information content (AvgIpc) is 2.58. The molecule has 3 aromatic rings. The first-order valence-electron chi connectivity index (χ1n) is 6.65. The van der Waals surface area contributed by atoms with Gasteiger partial charge in [-0.25, -0.2) is 5.10 Å². The molecule has 112 valence electrons. The molecule has 3 rings (SSSR count). The van der Waals surface area contributed by atoms with Crippen molar-refractivity contribution in [2.24, 2.45) is 0 Å². The molecule has 4 nitrogen and oxygen atoms in total. The first-order chi connectivity index (χ1) is 11.1. The molecule has 1 aromatic heterocycles. The van der Waals surface area contributed by atoms with Crippen LogP contribution < -0.4 is 5.56 Å². The van der Waals surface area contributed by atoms with Crippen molar-refractivity contribution >= 4 is 27.5 Å². The van der Waals surface area contributed by atoms with E-state index in [1.54, 1.807) is 36.4 Å². The minimum absolute atomic E-state index is 0.303. The molecule has 0 radical (unpaired) electrons. The van der Waals surface area contributed by atoms with E-state index in [-0.39, 0.29) is 5.56 Å². The maximum Gasteiger partial charge on any atom is 0.272 e. The second-order valence-electron chi connectivity index (χ2n) is 4.79. The summed E-state index contributed by atoms with van der Waals surface area (Å²) in [4.78, 5) is 12.4. The molecule has 6 heteroatoms. The lowest BCUT2D eigenvalue weighted by atomic mass is 9.97. The summed E-state index contributed by atoms with van der Waals surface area (Å²) in [5.74, 6) is 0. The minimum atomic E-state index is -0.303. The molecule has 2 aromatic carbocycles. The maximum atomic E-state index is 12.4. The van der Waals surface area contributed by atoms with E-state index in [1.807, 2.05) is 12.1 Å². The number of aromatic amines is 1. The molecule has 0 aliphatic rings. The summed E-state index contributed by atoms with van der Waals surface area (Å²) in [5, 5.41) is 16.0. The number of nitrogens with one attached hydrogen (secondary N) is 1. The number of benzene rings is 2. The number of nitrogens with zero attached hydrogens (tertiary/aromatic N) is 2. The van der Waals surface area contributed by atoms with Crippen LogP contribution in [0.1, 0.15) is 5.56 Å². The molecule has 0 aliphatic carbocycles. The van der Waals surface area contributed by atoms with Crippen molar-refractivity contribution < 1.29 is 0 Å². The van der Waals surface area contributed by atoms with Gasteiger partial charge in [0.05, 0.1) is 17.2 Å². The highest BCUT2D eigenvalue weighted by molar-refractivity contribution is 9.10. The van der Waals surface area contributed by atoms with E-state index in [0.29, 0.717) is 31.9 Å². The van der Waals surface area contributed by atoms with Crippen molar-refractivity contribution in [2.75, 3.05) is 0 Å². The molecule has 0 atom stereocenters. The Morgan fingerprint density at radius 2 is 1.57 bits per heavy atom. The highest BCUT2D eigenvalue weighted by Crippen LogP contribution is 2.34. The Morgan fingerprint density at radius 1 is 1.00 bits per heavy atom. The lowest BCUT2D eigenvalue weighted by Gasteiger charge is -2.11. The lowest BCUT2D eigenvalue weighted by Crippen LogP contribution is -2.13. The third-order valence-corrected chi connectivity index (χ3v) is 4.20. The van der Waals surface area contributed by atoms with Gasteiger partial charge in [0.2, 0.25) is 0 Å². The fraction of sp³-hybridized carbons (Fsp3) is 0. The van der Waals surface area contributed by atoms with Gasteiger partial charge in [-0.2, -0.15) is 10.4 Å². The Kier molecular flexibility index (Phi) is 4.28. The van der Waals surface area contributed by atoms with Gasteiger partial charge < -0.3 is 0 Å². The van der Waals surface area contributed by atoms with Crippen LogP contribution in [0.4, 0.5) is 0 Å². The molecule has 0 aliphatic heterocycles. The molecule has 0 saturated carbocycles. The van der Waals surface area contributed by atoms with E-state index in [9.17, 15) is 4.79 Å². The zero-order valence-corrected chi connectivity index (χ0v) is 14.0. The van der Waals surface area contributed by atoms with Gasteiger partial charge in [0.1, 0.15) is 4.60 Å². The quantitative estimate of drug-likeness (QED) is 0.710. The molecule has 0 bridgehead atoms. The van der Waals surface area contributed by atoms with E-state index >= 15 is 0 Å². The Hall–Kier alpha value is -2.42. The van der Waals surface area contributed by atoms with Gasteiger partial charge in [-0.3, -0.25) is 4.79 Å². The van der Waals surface area contributed by atoms with Gasteiger partial charge in [0.15, 0.2) is 0 Å². The number of halogens is 2. The highest BCUT2D eigenvalue weighted by atomic mass is 79.9. The zero-order chi connectivity index (χ0) is 16.4. The van der Waals surface area contributed by atoms with Crippen molar-refractivity contribution in [3.05, 3.63) is 74.1 Å². The SMILES string of the molecule is N#Cc1ccc(-c2c(-c3ccc(Cl)cc3)c(Br)n[nH]c2=O)cc1.